The maximum atomic E-state index is 13.2. The highest BCUT2D eigenvalue weighted by Crippen LogP contribution is 2.19. The van der Waals surface area contributed by atoms with E-state index >= 15 is 0 Å². The van der Waals surface area contributed by atoms with Gasteiger partial charge in [-0.15, -0.1) is 0 Å². The fourth-order valence-corrected chi connectivity index (χ4v) is 2.91. The number of amides is 1. The highest BCUT2D eigenvalue weighted by molar-refractivity contribution is 5.95. The van der Waals surface area contributed by atoms with E-state index in [0.717, 1.165) is 11.1 Å². The summed E-state index contributed by atoms with van der Waals surface area (Å²) in [5.41, 5.74) is 2.80. The molecule has 0 heterocycles. The van der Waals surface area contributed by atoms with E-state index in [1.807, 2.05) is 12.2 Å². The Morgan fingerprint density at radius 2 is 1.81 bits per heavy atom. The predicted octanol–water partition coefficient (Wildman–Crippen LogP) is 2.82. The normalized spacial score (nSPS) is 11.9. The predicted molar refractivity (Wildman–Crippen MR) is 102 cm³/mol. The lowest BCUT2D eigenvalue weighted by Gasteiger charge is -2.19. The molecular formula is C21H26FN2O3+. The van der Waals surface area contributed by atoms with E-state index < -0.39 is 5.97 Å². The maximum Gasteiger partial charge on any atom is 0.337 e. The number of hydrogen-bond acceptors (Lipinski definition) is 3. The average molecular weight is 373 g/mol. The number of rotatable bonds is 7. The number of aryl methyl sites for hydroxylation is 1. The van der Waals surface area contributed by atoms with Crippen molar-refractivity contribution < 1.29 is 24.0 Å². The Kier molecular flexibility index (Phi) is 7.07. The monoisotopic (exact) mass is 373 g/mol. The Bertz CT molecular complexity index is 804. The van der Waals surface area contributed by atoms with Gasteiger partial charge in [-0.3, -0.25) is 4.79 Å². The third-order valence-electron chi connectivity index (χ3n) is 4.46. The first-order valence-corrected chi connectivity index (χ1v) is 8.89. The molecule has 0 radical (unpaired) electrons. The smallest absolute Gasteiger partial charge is 0.337 e. The number of quaternary nitrogens is 1. The van der Waals surface area contributed by atoms with E-state index in [1.165, 1.54) is 19.2 Å². The van der Waals surface area contributed by atoms with Crippen molar-refractivity contribution in [1.82, 2.24) is 0 Å². The number of methoxy groups -OCH3 is 1. The third kappa shape index (κ3) is 5.62. The third-order valence-corrected chi connectivity index (χ3v) is 4.46. The molecule has 5 nitrogen and oxygen atoms in total. The molecule has 0 unspecified atom stereocenters. The topological polar surface area (TPSA) is 72.0 Å². The summed E-state index contributed by atoms with van der Waals surface area (Å²) in [5, 5.41) is 4.78. The van der Waals surface area contributed by atoms with Gasteiger partial charge in [-0.1, -0.05) is 32.0 Å². The van der Waals surface area contributed by atoms with Gasteiger partial charge >= 0.3 is 5.97 Å². The Balaban J connectivity index is 2.04. The second kappa shape index (κ2) is 9.28. The Morgan fingerprint density at radius 3 is 2.41 bits per heavy atom. The largest absolute Gasteiger partial charge is 0.465 e. The Morgan fingerprint density at radius 1 is 1.15 bits per heavy atom. The molecule has 0 spiro atoms. The molecule has 0 aliphatic carbocycles. The van der Waals surface area contributed by atoms with Crippen molar-refractivity contribution in [2.75, 3.05) is 19.0 Å². The van der Waals surface area contributed by atoms with Gasteiger partial charge in [-0.25, -0.2) is 9.18 Å². The van der Waals surface area contributed by atoms with Crippen molar-refractivity contribution in [3.8, 4) is 0 Å². The fraction of sp³-hybridized carbons (Fsp3) is 0.333. The van der Waals surface area contributed by atoms with Crippen LogP contribution in [0.4, 0.5) is 10.1 Å². The molecule has 0 aliphatic rings. The van der Waals surface area contributed by atoms with Crippen LogP contribution < -0.4 is 10.6 Å². The van der Waals surface area contributed by atoms with Crippen LogP contribution >= 0.6 is 0 Å². The molecule has 0 saturated heterocycles. The first kappa shape index (κ1) is 20.6. The molecule has 0 fully saturated rings. The molecule has 6 heteroatoms. The van der Waals surface area contributed by atoms with Gasteiger partial charge < -0.3 is 15.4 Å². The summed E-state index contributed by atoms with van der Waals surface area (Å²) in [6.45, 7) is 6.19. The van der Waals surface area contributed by atoms with E-state index in [0.29, 0.717) is 11.3 Å². The summed E-state index contributed by atoms with van der Waals surface area (Å²) in [6.07, 6.45) is 0. The second-order valence-corrected chi connectivity index (χ2v) is 6.83. The molecule has 1 atom stereocenters. The van der Waals surface area contributed by atoms with Gasteiger partial charge in [0.05, 0.1) is 12.7 Å². The lowest BCUT2D eigenvalue weighted by atomic mass is 9.96. The van der Waals surface area contributed by atoms with Gasteiger partial charge in [0.1, 0.15) is 11.9 Å². The summed E-state index contributed by atoms with van der Waals surface area (Å²) >= 11 is 0. The van der Waals surface area contributed by atoms with Crippen LogP contribution in [0.5, 0.6) is 0 Å². The Hall–Kier alpha value is -2.73. The van der Waals surface area contributed by atoms with Gasteiger partial charge in [0.15, 0.2) is 6.54 Å². The molecule has 0 saturated carbocycles. The Labute approximate surface area is 158 Å². The average Bonchev–Trinajstić information content (AvgIpc) is 2.64. The summed E-state index contributed by atoms with van der Waals surface area (Å²) in [4.78, 5) is 24.1. The van der Waals surface area contributed by atoms with Gasteiger partial charge in [0, 0.05) is 17.2 Å². The van der Waals surface area contributed by atoms with Crippen molar-refractivity contribution >= 4 is 17.6 Å². The number of carbonyl (C=O) groups excluding carboxylic acids is 2. The number of carbonyl (C=O) groups is 2. The number of nitrogens with one attached hydrogen (secondary N) is 1. The van der Waals surface area contributed by atoms with Crippen molar-refractivity contribution in [3.63, 3.8) is 0 Å². The van der Waals surface area contributed by atoms with E-state index in [1.54, 1.807) is 30.3 Å². The van der Waals surface area contributed by atoms with Crippen LogP contribution in [-0.2, 0) is 9.53 Å². The number of halogens is 1. The van der Waals surface area contributed by atoms with E-state index in [2.05, 4.69) is 19.2 Å². The van der Waals surface area contributed by atoms with Crippen molar-refractivity contribution in [2.24, 2.45) is 5.92 Å². The van der Waals surface area contributed by atoms with Crippen LogP contribution in [0.1, 0.15) is 41.4 Å². The fourth-order valence-electron chi connectivity index (χ4n) is 2.91. The van der Waals surface area contributed by atoms with Crippen molar-refractivity contribution in [3.05, 3.63) is 65.0 Å². The zero-order valence-electron chi connectivity index (χ0n) is 16.1. The molecule has 1 amide bonds. The molecule has 0 bridgehead atoms. The summed E-state index contributed by atoms with van der Waals surface area (Å²) in [7, 11) is 1.32. The molecule has 0 aromatic heterocycles. The van der Waals surface area contributed by atoms with Crippen molar-refractivity contribution in [1.29, 1.82) is 0 Å². The van der Waals surface area contributed by atoms with Crippen LogP contribution in [0.25, 0.3) is 0 Å². The van der Waals surface area contributed by atoms with Crippen LogP contribution in [0.2, 0.25) is 0 Å². The number of ether oxygens (including phenoxy) is 1. The number of nitrogens with two attached hydrogens (primary N) is 1. The molecule has 2 rings (SSSR count). The van der Waals surface area contributed by atoms with E-state index in [9.17, 15) is 14.0 Å². The van der Waals surface area contributed by atoms with Crippen LogP contribution in [0, 0.1) is 18.7 Å². The van der Waals surface area contributed by atoms with Gasteiger partial charge in [-0.05, 0) is 36.8 Å². The second-order valence-electron chi connectivity index (χ2n) is 6.83. The lowest BCUT2D eigenvalue weighted by Crippen LogP contribution is -2.88. The molecule has 3 N–H and O–H groups in total. The quantitative estimate of drug-likeness (QED) is 0.733. The van der Waals surface area contributed by atoms with Gasteiger partial charge in [0.25, 0.3) is 5.91 Å². The first-order chi connectivity index (χ1) is 12.8. The molecule has 2 aromatic carbocycles. The van der Waals surface area contributed by atoms with Gasteiger partial charge in [0.2, 0.25) is 0 Å². The highest BCUT2D eigenvalue weighted by atomic mass is 19.1. The minimum Gasteiger partial charge on any atom is -0.465 e. The molecule has 2 aromatic rings. The van der Waals surface area contributed by atoms with Crippen LogP contribution in [0.15, 0.2) is 42.5 Å². The minimum absolute atomic E-state index is 0.0406. The SMILES string of the molecule is COC(=O)c1ccc(C)c(NC(=O)C[NH2+][C@H](c2ccc(F)cc2)C(C)C)c1. The van der Waals surface area contributed by atoms with Crippen LogP contribution in [0.3, 0.4) is 0 Å². The van der Waals surface area contributed by atoms with Gasteiger partial charge in [-0.2, -0.15) is 0 Å². The molecule has 0 aliphatic heterocycles. The summed E-state index contributed by atoms with van der Waals surface area (Å²) in [6, 6.07) is 11.4. The number of hydrogen-bond donors (Lipinski definition) is 2. The minimum atomic E-state index is -0.451. The summed E-state index contributed by atoms with van der Waals surface area (Å²) in [5.74, 6) is -0.631. The number of benzene rings is 2. The zero-order valence-corrected chi connectivity index (χ0v) is 16.1. The van der Waals surface area contributed by atoms with E-state index in [-0.39, 0.29) is 30.2 Å². The van der Waals surface area contributed by atoms with E-state index in [4.69, 9.17) is 4.74 Å². The van der Waals surface area contributed by atoms with Crippen LogP contribution in [-0.4, -0.2) is 25.5 Å². The standard InChI is InChI=1S/C21H25FN2O3/c1-13(2)20(15-7-9-17(22)10-8-15)23-12-19(25)24-18-11-16(21(26)27-4)6-5-14(18)3/h5-11,13,20,23H,12H2,1-4H3,(H,24,25)/p+1/t20-/m0/s1. The highest BCUT2D eigenvalue weighted by Gasteiger charge is 2.21. The lowest BCUT2D eigenvalue weighted by molar-refractivity contribution is -0.692. The molecule has 144 valence electrons. The number of esters is 1. The summed E-state index contributed by atoms with van der Waals surface area (Å²) < 4.78 is 17.9. The molecule has 27 heavy (non-hydrogen) atoms. The van der Waals surface area contributed by atoms with Crippen molar-refractivity contribution in [2.45, 2.75) is 26.8 Å². The first-order valence-electron chi connectivity index (χ1n) is 8.89. The number of anilines is 1. The zero-order chi connectivity index (χ0) is 20.0. The molecular weight excluding hydrogens is 347 g/mol. The maximum absolute atomic E-state index is 13.2.